The number of sulfonamides is 1. The summed E-state index contributed by atoms with van der Waals surface area (Å²) in [6.07, 6.45) is 1.77. The normalized spacial score (nSPS) is 22.5. The van der Waals surface area contributed by atoms with Gasteiger partial charge in [0.25, 0.3) is 5.91 Å². The molecule has 5 rings (SSSR count). The number of rotatable bonds is 6. The van der Waals surface area contributed by atoms with Gasteiger partial charge < -0.3 is 19.8 Å². The van der Waals surface area contributed by atoms with Crippen molar-refractivity contribution in [3.63, 3.8) is 0 Å². The van der Waals surface area contributed by atoms with Crippen LogP contribution >= 0.6 is 0 Å². The maximum atomic E-state index is 13.2. The van der Waals surface area contributed by atoms with Gasteiger partial charge in [-0.05, 0) is 61.2 Å². The fourth-order valence-electron chi connectivity index (χ4n) is 4.58. The standard InChI is InChI=1S/C25H25N3O6S/c1-2-23(29)27-24-14-17-11-12-28(15-22(17)34-24)35(31,32)19-9-7-18(8-10-19)26-25(30)21-13-16-5-3-4-6-20(16)33-21/h2-10,13,17,22,24H,1,11-12,14-15H2,(H,26,30)(H,27,29). The van der Waals surface area contributed by atoms with Crippen molar-refractivity contribution >= 4 is 38.5 Å². The van der Waals surface area contributed by atoms with E-state index in [0.29, 0.717) is 30.7 Å². The van der Waals surface area contributed by atoms with Crippen LogP contribution in [0.4, 0.5) is 5.69 Å². The summed E-state index contributed by atoms with van der Waals surface area (Å²) in [5, 5.41) is 6.28. The summed E-state index contributed by atoms with van der Waals surface area (Å²) in [7, 11) is -3.74. The minimum Gasteiger partial charge on any atom is -0.451 e. The van der Waals surface area contributed by atoms with Gasteiger partial charge in [0, 0.05) is 24.2 Å². The Morgan fingerprint density at radius 3 is 2.63 bits per heavy atom. The molecule has 0 aliphatic carbocycles. The molecule has 2 amide bonds. The third kappa shape index (κ3) is 4.72. The maximum Gasteiger partial charge on any atom is 0.291 e. The van der Waals surface area contributed by atoms with Crippen molar-refractivity contribution in [3.8, 4) is 0 Å². The first-order chi connectivity index (χ1) is 16.8. The van der Waals surface area contributed by atoms with E-state index >= 15 is 0 Å². The van der Waals surface area contributed by atoms with Gasteiger partial charge in [0.2, 0.25) is 15.9 Å². The molecule has 2 saturated heterocycles. The third-order valence-electron chi connectivity index (χ3n) is 6.40. The van der Waals surface area contributed by atoms with Crippen LogP contribution in [0.15, 0.2) is 76.6 Å². The predicted octanol–water partition coefficient (Wildman–Crippen LogP) is 3.11. The lowest BCUT2D eigenvalue weighted by molar-refractivity contribution is -0.120. The maximum absolute atomic E-state index is 13.2. The number of furan rings is 1. The number of ether oxygens (including phenoxy) is 1. The fraction of sp³-hybridized carbons (Fsp3) is 0.280. The number of anilines is 1. The highest BCUT2D eigenvalue weighted by Crippen LogP contribution is 2.34. The molecule has 2 aromatic carbocycles. The highest BCUT2D eigenvalue weighted by molar-refractivity contribution is 7.89. The van der Waals surface area contributed by atoms with Crippen LogP contribution in [0.2, 0.25) is 0 Å². The summed E-state index contributed by atoms with van der Waals surface area (Å²) >= 11 is 0. The molecule has 1 aromatic heterocycles. The molecule has 3 unspecified atom stereocenters. The van der Waals surface area contributed by atoms with Crippen molar-refractivity contribution < 1.29 is 27.2 Å². The van der Waals surface area contributed by atoms with Gasteiger partial charge in [-0.3, -0.25) is 9.59 Å². The zero-order valence-electron chi connectivity index (χ0n) is 18.8. The topological polar surface area (TPSA) is 118 Å². The molecule has 2 aliphatic rings. The Kier molecular flexibility index (Phi) is 6.18. The number of carbonyl (C=O) groups is 2. The third-order valence-corrected chi connectivity index (χ3v) is 8.28. The molecule has 3 aromatic rings. The van der Waals surface area contributed by atoms with Crippen molar-refractivity contribution in [2.24, 2.45) is 5.92 Å². The van der Waals surface area contributed by atoms with Gasteiger partial charge in [-0.1, -0.05) is 24.8 Å². The smallest absolute Gasteiger partial charge is 0.291 e. The molecule has 2 fully saturated rings. The number of piperidine rings is 1. The van der Waals surface area contributed by atoms with E-state index in [1.54, 1.807) is 24.3 Å². The van der Waals surface area contributed by atoms with Crippen LogP contribution in [0.1, 0.15) is 23.4 Å². The molecule has 9 nitrogen and oxygen atoms in total. The minimum absolute atomic E-state index is 0.132. The summed E-state index contributed by atoms with van der Waals surface area (Å²) < 4.78 is 39.3. The molecular weight excluding hydrogens is 470 g/mol. The number of para-hydroxylation sites is 1. The second-order valence-corrected chi connectivity index (χ2v) is 10.6. The number of nitrogens with one attached hydrogen (secondary N) is 2. The largest absolute Gasteiger partial charge is 0.451 e. The van der Waals surface area contributed by atoms with Crippen molar-refractivity contribution in [3.05, 3.63) is 73.0 Å². The fourth-order valence-corrected chi connectivity index (χ4v) is 6.04. The number of hydrogen-bond donors (Lipinski definition) is 2. The minimum atomic E-state index is -3.74. The Bertz CT molecular complexity index is 1350. The van der Waals surface area contributed by atoms with Crippen molar-refractivity contribution in [1.29, 1.82) is 0 Å². The van der Waals surface area contributed by atoms with Crippen molar-refractivity contribution in [2.45, 2.75) is 30.1 Å². The molecule has 35 heavy (non-hydrogen) atoms. The number of nitrogens with zero attached hydrogens (tertiary/aromatic N) is 1. The molecule has 3 heterocycles. The monoisotopic (exact) mass is 495 g/mol. The van der Waals surface area contributed by atoms with Crippen LogP contribution in [0.25, 0.3) is 11.0 Å². The molecular formula is C25H25N3O6S. The average Bonchev–Trinajstić information content (AvgIpc) is 3.47. The second kappa shape index (κ2) is 9.29. The predicted molar refractivity (Wildman–Crippen MR) is 129 cm³/mol. The molecule has 2 aliphatic heterocycles. The van der Waals surface area contributed by atoms with Gasteiger partial charge in [0.15, 0.2) is 5.76 Å². The van der Waals surface area contributed by atoms with Gasteiger partial charge in [-0.25, -0.2) is 8.42 Å². The highest BCUT2D eigenvalue weighted by atomic mass is 32.2. The molecule has 2 N–H and O–H groups in total. The lowest BCUT2D eigenvalue weighted by atomic mass is 9.94. The Balaban J connectivity index is 1.23. The number of carbonyl (C=O) groups excluding carboxylic acids is 2. The first kappa shape index (κ1) is 23.3. The van der Waals surface area contributed by atoms with Gasteiger partial charge in [-0.2, -0.15) is 4.31 Å². The van der Waals surface area contributed by atoms with Gasteiger partial charge >= 0.3 is 0 Å². The van der Waals surface area contributed by atoms with Crippen LogP contribution < -0.4 is 10.6 Å². The van der Waals surface area contributed by atoms with Crippen molar-refractivity contribution in [2.75, 3.05) is 18.4 Å². The van der Waals surface area contributed by atoms with E-state index in [0.717, 1.165) is 5.39 Å². The lowest BCUT2D eigenvalue weighted by Gasteiger charge is -2.33. The van der Waals surface area contributed by atoms with Crippen LogP contribution in [-0.2, 0) is 19.6 Å². The quantitative estimate of drug-likeness (QED) is 0.508. The van der Waals surface area contributed by atoms with E-state index in [2.05, 4.69) is 17.2 Å². The molecule has 0 saturated carbocycles. The van der Waals surface area contributed by atoms with Crippen LogP contribution in [0, 0.1) is 5.92 Å². The summed E-state index contributed by atoms with van der Waals surface area (Å²) in [5.74, 6) is -0.377. The first-order valence-corrected chi connectivity index (χ1v) is 12.8. The molecule has 3 atom stereocenters. The Morgan fingerprint density at radius 1 is 1.11 bits per heavy atom. The van der Waals surface area contributed by atoms with Crippen LogP contribution in [0.5, 0.6) is 0 Å². The Morgan fingerprint density at radius 2 is 1.89 bits per heavy atom. The lowest BCUT2D eigenvalue weighted by Crippen LogP contribution is -2.45. The Labute approximate surface area is 202 Å². The first-order valence-electron chi connectivity index (χ1n) is 11.3. The second-order valence-electron chi connectivity index (χ2n) is 8.65. The summed E-state index contributed by atoms with van der Waals surface area (Å²) in [6.45, 7) is 4.03. The summed E-state index contributed by atoms with van der Waals surface area (Å²) in [4.78, 5) is 24.2. The van der Waals surface area contributed by atoms with Crippen molar-refractivity contribution in [1.82, 2.24) is 9.62 Å². The molecule has 182 valence electrons. The van der Waals surface area contributed by atoms with Gasteiger partial charge in [0.05, 0.1) is 11.0 Å². The van der Waals surface area contributed by atoms with E-state index < -0.39 is 22.2 Å². The number of fused-ring (bicyclic) bond motifs is 2. The van der Waals surface area contributed by atoms with E-state index in [1.807, 2.05) is 18.2 Å². The average molecular weight is 496 g/mol. The highest BCUT2D eigenvalue weighted by Gasteiger charge is 2.42. The summed E-state index contributed by atoms with van der Waals surface area (Å²) in [6, 6.07) is 15.0. The molecule has 0 spiro atoms. The van der Waals surface area contributed by atoms with E-state index in [1.165, 1.54) is 22.5 Å². The van der Waals surface area contributed by atoms with Crippen LogP contribution in [0.3, 0.4) is 0 Å². The van der Waals surface area contributed by atoms with E-state index in [9.17, 15) is 18.0 Å². The van der Waals surface area contributed by atoms with Gasteiger partial charge in [0.1, 0.15) is 11.8 Å². The number of benzene rings is 2. The number of hydrogen-bond acceptors (Lipinski definition) is 6. The van der Waals surface area contributed by atoms with E-state index in [-0.39, 0.29) is 35.1 Å². The zero-order valence-corrected chi connectivity index (χ0v) is 19.7. The Hall–Kier alpha value is -3.47. The molecule has 0 bridgehead atoms. The summed E-state index contributed by atoms with van der Waals surface area (Å²) in [5.41, 5.74) is 1.07. The number of amides is 2. The zero-order chi connectivity index (χ0) is 24.6. The molecule has 0 radical (unpaired) electrons. The van der Waals surface area contributed by atoms with E-state index in [4.69, 9.17) is 9.15 Å². The molecule has 10 heteroatoms. The van der Waals surface area contributed by atoms with Gasteiger partial charge in [-0.15, -0.1) is 0 Å². The SMILES string of the molecule is C=CC(=O)NC1CC2CCN(S(=O)(=O)c3ccc(NC(=O)c4cc5ccccc5o4)cc3)CC2O1. The van der Waals surface area contributed by atoms with Crippen LogP contribution in [-0.4, -0.2) is 50.0 Å².